The second kappa shape index (κ2) is 2.04. The molecule has 2 aliphatic carbocycles. The van der Waals surface area contributed by atoms with Crippen LogP contribution in [-0.2, 0) is 0 Å². The van der Waals surface area contributed by atoms with E-state index >= 15 is 0 Å². The first-order chi connectivity index (χ1) is 5.03. The monoisotopic (exact) mass is 170 g/mol. The summed E-state index contributed by atoms with van der Waals surface area (Å²) in [4.78, 5) is 0. The van der Waals surface area contributed by atoms with Crippen molar-refractivity contribution in [2.75, 3.05) is 0 Å². The van der Waals surface area contributed by atoms with E-state index in [0.717, 1.165) is 5.92 Å². The summed E-state index contributed by atoms with van der Waals surface area (Å²) in [6, 6.07) is 0. The van der Waals surface area contributed by atoms with Crippen molar-refractivity contribution in [1.29, 1.82) is 0 Å². The molecule has 2 bridgehead atoms. The van der Waals surface area contributed by atoms with E-state index in [-0.39, 0.29) is 0 Å². The zero-order valence-electron chi connectivity index (χ0n) is 7.23. The summed E-state index contributed by atoms with van der Waals surface area (Å²) in [6.07, 6.45) is 2.50. The molecule has 2 aliphatic rings. The smallest absolute Gasteiger partial charge is 0.0404 e. The van der Waals surface area contributed by atoms with Crippen LogP contribution in [0.4, 0.5) is 0 Å². The maximum absolute atomic E-state index is 6.17. The minimum absolute atomic E-state index is 0.371. The fourth-order valence-corrected chi connectivity index (χ4v) is 3.15. The van der Waals surface area contributed by atoms with Crippen LogP contribution < -0.4 is 0 Å². The Balaban J connectivity index is 2.32. The van der Waals surface area contributed by atoms with Crippen molar-refractivity contribution < 1.29 is 0 Å². The van der Waals surface area contributed by atoms with E-state index in [2.05, 4.69) is 20.4 Å². The van der Waals surface area contributed by atoms with Gasteiger partial charge < -0.3 is 0 Å². The van der Waals surface area contributed by atoms with Gasteiger partial charge in [-0.25, -0.2) is 0 Å². The van der Waals surface area contributed by atoms with Crippen molar-refractivity contribution in [2.24, 2.45) is 17.3 Å². The van der Waals surface area contributed by atoms with Gasteiger partial charge in [0.25, 0.3) is 0 Å². The second-order valence-corrected chi connectivity index (χ2v) is 5.10. The van der Waals surface area contributed by atoms with Gasteiger partial charge in [0.15, 0.2) is 0 Å². The lowest BCUT2D eigenvalue weighted by Crippen LogP contribution is -2.27. The maximum atomic E-state index is 6.17. The molecule has 0 nitrogen and oxygen atoms in total. The number of hydrogen-bond acceptors (Lipinski definition) is 0. The molecule has 3 atom stereocenters. The van der Waals surface area contributed by atoms with Gasteiger partial charge >= 0.3 is 0 Å². The SMILES string of the molecule is C=C1[C@H]2C[C@H](C[C@@H]2Cl)C1(C)C. The molecule has 2 fully saturated rings. The largest absolute Gasteiger partial charge is 0.122 e. The lowest BCUT2D eigenvalue weighted by atomic mass is 9.73. The first-order valence-electron chi connectivity index (χ1n) is 4.37. The summed E-state index contributed by atoms with van der Waals surface area (Å²) in [5.74, 6) is 1.43. The molecule has 0 heterocycles. The highest BCUT2D eigenvalue weighted by atomic mass is 35.5. The van der Waals surface area contributed by atoms with E-state index < -0.39 is 0 Å². The number of halogens is 1. The third-order valence-electron chi connectivity index (χ3n) is 3.78. The first kappa shape index (κ1) is 7.67. The number of allylic oxidation sites excluding steroid dienone is 1. The molecule has 2 saturated carbocycles. The normalized spacial score (nSPS) is 46.8. The molecule has 62 valence electrons. The lowest BCUT2D eigenvalue weighted by molar-refractivity contribution is 0.291. The van der Waals surface area contributed by atoms with Crippen LogP contribution in [0.3, 0.4) is 0 Å². The van der Waals surface area contributed by atoms with Gasteiger partial charge in [0.2, 0.25) is 0 Å². The molecule has 0 N–H and O–H groups in total. The minimum Gasteiger partial charge on any atom is -0.122 e. The quantitative estimate of drug-likeness (QED) is 0.387. The minimum atomic E-state index is 0.371. The van der Waals surface area contributed by atoms with Gasteiger partial charge in [-0.05, 0) is 30.1 Å². The molecule has 0 spiro atoms. The Morgan fingerprint density at radius 1 is 1.45 bits per heavy atom. The Morgan fingerprint density at radius 3 is 2.45 bits per heavy atom. The van der Waals surface area contributed by atoms with Crippen LogP contribution in [0.5, 0.6) is 0 Å². The van der Waals surface area contributed by atoms with Gasteiger partial charge in [0, 0.05) is 5.38 Å². The summed E-state index contributed by atoms with van der Waals surface area (Å²) in [5.41, 5.74) is 1.77. The fraction of sp³-hybridized carbons (Fsp3) is 0.800. The zero-order chi connectivity index (χ0) is 8.22. The van der Waals surface area contributed by atoms with Crippen LogP contribution in [0.1, 0.15) is 26.7 Å². The van der Waals surface area contributed by atoms with Crippen LogP contribution in [0.2, 0.25) is 0 Å². The highest BCUT2D eigenvalue weighted by Crippen LogP contribution is 2.59. The summed E-state index contributed by atoms with van der Waals surface area (Å²) in [7, 11) is 0. The van der Waals surface area contributed by atoms with Crippen molar-refractivity contribution >= 4 is 11.6 Å². The number of rotatable bonds is 0. The molecule has 0 aromatic heterocycles. The van der Waals surface area contributed by atoms with Crippen LogP contribution in [0.25, 0.3) is 0 Å². The van der Waals surface area contributed by atoms with E-state index in [1.807, 2.05) is 0 Å². The van der Waals surface area contributed by atoms with Crippen molar-refractivity contribution in [3.63, 3.8) is 0 Å². The molecule has 0 aliphatic heterocycles. The predicted octanol–water partition coefficient (Wildman–Crippen LogP) is 3.22. The summed E-state index contributed by atoms with van der Waals surface area (Å²) >= 11 is 6.17. The number of alkyl halides is 1. The van der Waals surface area contributed by atoms with E-state index in [9.17, 15) is 0 Å². The van der Waals surface area contributed by atoms with Crippen molar-refractivity contribution in [3.05, 3.63) is 12.2 Å². The van der Waals surface area contributed by atoms with Gasteiger partial charge in [-0.15, -0.1) is 11.6 Å². The van der Waals surface area contributed by atoms with Gasteiger partial charge in [-0.2, -0.15) is 0 Å². The van der Waals surface area contributed by atoms with E-state index in [4.69, 9.17) is 11.6 Å². The molecule has 2 rings (SSSR count). The zero-order valence-corrected chi connectivity index (χ0v) is 7.99. The fourth-order valence-electron chi connectivity index (χ4n) is 2.68. The highest BCUT2D eigenvalue weighted by Gasteiger charge is 2.52. The Bertz CT molecular complexity index is 205. The second-order valence-electron chi connectivity index (χ2n) is 4.54. The van der Waals surface area contributed by atoms with Crippen molar-refractivity contribution in [2.45, 2.75) is 32.1 Å². The Kier molecular flexibility index (Phi) is 1.42. The summed E-state index contributed by atoms with van der Waals surface area (Å²) in [5, 5.41) is 0.389. The van der Waals surface area contributed by atoms with Gasteiger partial charge in [-0.3, -0.25) is 0 Å². The molecule has 1 heteroatoms. The molecule has 11 heavy (non-hydrogen) atoms. The Morgan fingerprint density at radius 2 is 2.09 bits per heavy atom. The van der Waals surface area contributed by atoms with Gasteiger partial charge in [0.1, 0.15) is 0 Å². The molecule has 0 unspecified atom stereocenters. The van der Waals surface area contributed by atoms with Crippen LogP contribution in [0, 0.1) is 17.3 Å². The average molecular weight is 171 g/mol. The summed E-state index contributed by atoms with van der Waals surface area (Å²) < 4.78 is 0. The Hall–Kier alpha value is 0.0300. The summed E-state index contributed by atoms with van der Waals surface area (Å²) in [6.45, 7) is 8.77. The van der Waals surface area contributed by atoms with Crippen molar-refractivity contribution in [1.82, 2.24) is 0 Å². The van der Waals surface area contributed by atoms with E-state index in [1.54, 1.807) is 0 Å². The van der Waals surface area contributed by atoms with Gasteiger partial charge in [-0.1, -0.05) is 26.0 Å². The average Bonchev–Trinajstić information content (AvgIpc) is 2.36. The van der Waals surface area contributed by atoms with Crippen molar-refractivity contribution in [3.8, 4) is 0 Å². The maximum Gasteiger partial charge on any atom is 0.0404 e. The Labute approximate surface area is 73.6 Å². The molecular formula is C10H15Cl. The number of fused-ring (bicyclic) bond motifs is 2. The molecule has 0 aromatic carbocycles. The highest BCUT2D eigenvalue weighted by molar-refractivity contribution is 6.21. The lowest BCUT2D eigenvalue weighted by Gasteiger charge is -2.34. The first-order valence-corrected chi connectivity index (χ1v) is 4.80. The van der Waals surface area contributed by atoms with Crippen LogP contribution >= 0.6 is 11.6 Å². The number of hydrogen-bond donors (Lipinski definition) is 0. The van der Waals surface area contributed by atoms with Crippen LogP contribution in [-0.4, -0.2) is 5.38 Å². The molecular weight excluding hydrogens is 156 g/mol. The third kappa shape index (κ3) is 0.823. The van der Waals surface area contributed by atoms with Gasteiger partial charge in [0.05, 0.1) is 0 Å². The third-order valence-corrected chi connectivity index (χ3v) is 4.26. The molecule has 0 aromatic rings. The van der Waals surface area contributed by atoms with Crippen LogP contribution in [0.15, 0.2) is 12.2 Å². The molecule has 0 amide bonds. The standard InChI is InChI=1S/C10H15Cl/c1-6-8-4-7(5-9(8)11)10(6,2)3/h7-9H,1,4-5H2,2-3H3/t7-,8-,9+/m1/s1. The van der Waals surface area contributed by atoms with E-state index in [1.165, 1.54) is 18.4 Å². The topological polar surface area (TPSA) is 0 Å². The predicted molar refractivity (Wildman–Crippen MR) is 48.8 cm³/mol. The van der Waals surface area contributed by atoms with E-state index in [0.29, 0.717) is 16.7 Å². The molecule has 0 saturated heterocycles. The molecule has 0 radical (unpaired) electrons.